The number of amides is 1. The molecular weight excluding hydrogens is 222 g/mol. The molecule has 90 valence electrons. The number of rotatable bonds is 5. The Balaban J connectivity index is 2.63. The number of hydrogen-bond donors (Lipinski definition) is 2. The second kappa shape index (κ2) is 6.32. The van der Waals surface area contributed by atoms with Crippen LogP contribution < -0.4 is 10.1 Å². The van der Waals surface area contributed by atoms with Gasteiger partial charge in [-0.3, -0.25) is 4.79 Å². The normalized spacial score (nSPS) is 10.2. The van der Waals surface area contributed by atoms with Crippen LogP contribution in [-0.4, -0.2) is 23.6 Å². The first-order chi connectivity index (χ1) is 8.09. The first-order valence-electron chi connectivity index (χ1n) is 4.98. The molecule has 0 spiro atoms. The molecule has 1 aromatic carbocycles. The number of carboxylic acids is 1. The Bertz CT molecular complexity index is 440. The third kappa shape index (κ3) is 4.83. The van der Waals surface area contributed by atoms with Gasteiger partial charge in [0.05, 0.1) is 5.69 Å². The largest absolute Gasteiger partial charge is 0.487 e. The summed E-state index contributed by atoms with van der Waals surface area (Å²) in [5.41, 5.74) is 0.559. The summed E-state index contributed by atoms with van der Waals surface area (Å²) in [7, 11) is 0. The average Bonchev–Trinajstić information content (AvgIpc) is 2.25. The summed E-state index contributed by atoms with van der Waals surface area (Å²) in [4.78, 5) is 21.1. The second-order valence-electron chi connectivity index (χ2n) is 3.23. The number of carbonyl (C=O) groups is 2. The van der Waals surface area contributed by atoms with E-state index in [2.05, 4.69) is 5.32 Å². The zero-order valence-corrected chi connectivity index (χ0v) is 9.34. The zero-order valence-electron chi connectivity index (χ0n) is 9.34. The van der Waals surface area contributed by atoms with Gasteiger partial charge in [0.25, 0.3) is 0 Å². The highest BCUT2D eigenvalue weighted by Crippen LogP contribution is 2.23. The van der Waals surface area contributed by atoms with Crippen LogP contribution in [-0.2, 0) is 9.59 Å². The van der Waals surface area contributed by atoms with Crippen molar-refractivity contribution in [1.29, 1.82) is 0 Å². The number of hydrogen-bond acceptors (Lipinski definition) is 3. The van der Waals surface area contributed by atoms with E-state index >= 15 is 0 Å². The highest BCUT2D eigenvalue weighted by molar-refractivity contribution is 5.90. The topological polar surface area (TPSA) is 75.6 Å². The minimum absolute atomic E-state index is 0.128. The summed E-state index contributed by atoms with van der Waals surface area (Å²) in [6.45, 7) is 1.53. The lowest BCUT2D eigenvalue weighted by molar-refractivity contribution is -0.131. The van der Waals surface area contributed by atoms with Gasteiger partial charge < -0.3 is 15.2 Å². The summed E-state index contributed by atoms with van der Waals surface area (Å²) in [5, 5.41) is 11.0. The van der Waals surface area contributed by atoms with E-state index in [0.717, 1.165) is 6.08 Å². The van der Waals surface area contributed by atoms with Gasteiger partial charge in [-0.05, 0) is 18.2 Å². The minimum Gasteiger partial charge on any atom is -0.487 e. The Morgan fingerprint density at radius 1 is 1.41 bits per heavy atom. The Kier molecular flexibility index (Phi) is 4.75. The van der Waals surface area contributed by atoms with Crippen molar-refractivity contribution in [3.8, 4) is 5.75 Å². The van der Waals surface area contributed by atoms with Crippen LogP contribution >= 0.6 is 0 Å². The van der Waals surface area contributed by atoms with Gasteiger partial charge in [0, 0.05) is 13.0 Å². The number of anilines is 1. The lowest BCUT2D eigenvalue weighted by atomic mass is 10.3. The van der Waals surface area contributed by atoms with Crippen LogP contribution in [0.25, 0.3) is 0 Å². The molecule has 0 atom stereocenters. The van der Waals surface area contributed by atoms with Gasteiger partial charge in [-0.15, -0.1) is 0 Å². The summed E-state index contributed by atoms with van der Waals surface area (Å²) < 4.78 is 5.32. The van der Waals surface area contributed by atoms with Crippen molar-refractivity contribution in [3.63, 3.8) is 0 Å². The molecule has 17 heavy (non-hydrogen) atoms. The predicted octanol–water partition coefficient (Wildman–Crippen LogP) is 1.66. The number of ether oxygens (including phenoxy) is 1. The number of benzene rings is 1. The van der Waals surface area contributed by atoms with Crippen LogP contribution in [0.4, 0.5) is 5.69 Å². The molecule has 0 aromatic heterocycles. The van der Waals surface area contributed by atoms with Gasteiger partial charge in [-0.25, -0.2) is 4.79 Å². The molecule has 0 fully saturated rings. The molecule has 0 radical (unpaired) electrons. The molecule has 5 heteroatoms. The second-order valence-corrected chi connectivity index (χ2v) is 3.23. The van der Waals surface area contributed by atoms with E-state index in [4.69, 9.17) is 9.84 Å². The third-order valence-corrected chi connectivity index (χ3v) is 1.79. The quantitative estimate of drug-likeness (QED) is 0.761. The summed E-state index contributed by atoms with van der Waals surface area (Å²) in [6, 6.07) is 6.93. The van der Waals surface area contributed by atoms with Gasteiger partial charge in [-0.1, -0.05) is 12.1 Å². The Morgan fingerprint density at radius 2 is 2.12 bits per heavy atom. The Labute approximate surface area is 98.7 Å². The van der Waals surface area contributed by atoms with E-state index < -0.39 is 5.97 Å². The number of carboxylic acid groups (broad SMARTS) is 1. The summed E-state index contributed by atoms with van der Waals surface area (Å²) >= 11 is 0. The summed E-state index contributed by atoms with van der Waals surface area (Å²) in [5.74, 6) is -0.719. The zero-order chi connectivity index (χ0) is 12.7. The van der Waals surface area contributed by atoms with Crippen molar-refractivity contribution in [2.24, 2.45) is 0 Å². The Morgan fingerprint density at radius 3 is 2.76 bits per heavy atom. The van der Waals surface area contributed by atoms with Gasteiger partial charge in [0.2, 0.25) is 5.91 Å². The maximum Gasteiger partial charge on any atom is 0.328 e. The minimum atomic E-state index is -1.02. The first kappa shape index (κ1) is 12.8. The number of carbonyl (C=O) groups excluding carboxylic acids is 1. The van der Waals surface area contributed by atoms with Crippen LogP contribution in [0.5, 0.6) is 5.75 Å². The van der Waals surface area contributed by atoms with Crippen molar-refractivity contribution in [2.75, 3.05) is 11.9 Å². The van der Waals surface area contributed by atoms with E-state index in [1.807, 2.05) is 0 Å². The standard InChI is InChI=1S/C12H13NO4/c1-9(14)13-10-5-2-3-6-11(10)17-8-4-7-12(15)16/h2-7H,8H2,1H3,(H,13,14)(H,15,16). The molecule has 5 nitrogen and oxygen atoms in total. The molecule has 0 aliphatic carbocycles. The molecule has 2 N–H and O–H groups in total. The van der Waals surface area contributed by atoms with Gasteiger partial charge in [0.15, 0.2) is 0 Å². The molecule has 0 aliphatic rings. The smallest absolute Gasteiger partial charge is 0.328 e. The van der Waals surface area contributed by atoms with Crippen molar-refractivity contribution >= 4 is 17.6 Å². The monoisotopic (exact) mass is 235 g/mol. The average molecular weight is 235 g/mol. The predicted molar refractivity (Wildman–Crippen MR) is 63.0 cm³/mol. The summed E-state index contributed by atoms with van der Waals surface area (Å²) in [6.07, 6.45) is 2.38. The van der Waals surface area contributed by atoms with E-state index in [9.17, 15) is 9.59 Å². The van der Waals surface area contributed by atoms with Crippen LogP contribution in [0.3, 0.4) is 0 Å². The molecule has 0 saturated heterocycles. The molecule has 1 amide bonds. The fourth-order valence-corrected chi connectivity index (χ4v) is 1.17. The molecule has 1 rings (SSSR count). The first-order valence-corrected chi connectivity index (χ1v) is 4.98. The van der Waals surface area contributed by atoms with Crippen molar-refractivity contribution in [1.82, 2.24) is 0 Å². The maximum absolute atomic E-state index is 10.9. The van der Waals surface area contributed by atoms with E-state index in [0.29, 0.717) is 11.4 Å². The molecule has 0 aliphatic heterocycles. The van der Waals surface area contributed by atoms with E-state index in [1.54, 1.807) is 24.3 Å². The molecule has 0 heterocycles. The fraction of sp³-hybridized carbons (Fsp3) is 0.167. The maximum atomic E-state index is 10.9. The van der Waals surface area contributed by atoms with E-state index in [1.165, 1.54) is 13.0 Å². The third-order valence-electron chi connectivity index (χ3n) is 1.79. The van der Waals surface area contributed by atoms with Crippen molar-refractivity contribution in [3.05, 3.63) is 36.4 Å². The molecule has 1 aromatic rings. The fourth-order valence-electron chi connectivity index (χ4n) is 1.17. The van der Waals surface area contributed by atoms with Crippen molar-refractivity contribution in [2.45, 2.75) is 6.92 Å². The number of para-hydroxylation sites is 2. The van der Waals surface area contributed by atoms with Gasteiger partial charge >= 0.3 is 5.97 Å². The van der Waals surface area contributed by atoms with Gasteiger partial charge in [0.1, 0.15) is 12.4 Å². The molecule has 0 bridgehead atoms. The lowest BCUT2D eigenvalue weighted by Crippen LogP contribution is -2.07. The Hall–Kier alpha value is -2.30. The highest BCUT2D eigenvalue weighted by atomic mass is 16.5. The lowest BCUT2D eigenvalue weighted by Gasteiger charge is -2.09. The molecule has 0 saturated carbocycles. The molecule has 0 unspecified atom stereocenters. The van der Waals surface area contributed by atoms with Gasteiger partial charge in [-0.2, -0.15) is 0 Å². The highest BCUT2D eigenvalue weighted by Gasteiger charge is 2.03. The van der Waals surface area contributed by atoms with E-state index in [-0.39, 0.29) is 12.5 Å². The van der Waals surface area contributed by atoms with Crippen molar-refractivity contribution < 1.29 is 19.4 Å². The van der Waals surface area contributed by atoms with Crippen LogP contribution in [0, 0.1) is 0 Å². The van der Waals surface area contributed by atoms with Crippen LogP contribution in [0.2, 0.25) is 0 Å². The number of nitrogens with one attached hydrogen (secondary N) is 1. The van der Waals surface area contributed by atoms with Crippen LogP contribution in [0.15, 0.2) is 36.4 Å². The number of aliphatic carboxylic acids is 1. The SMILES string of the molecule is CC(=O)Nc1ccccc1OCC=CC(=O)O. The molecular formula is C12H13NO4. The van der Waals surface area contributed by atoms with Crippen LogP contribution in [0.1, 0.15) is 6.92 Å².